The fraction of sp³-hybridized carbons (Fsp3) is 0.0909. The van der Waals surface area contributed by atoms with Gasteiger partial charge in [0.05, 0.1) is 6.20 Å². The molecule has 0 radical (unpaired) electrons. The van der Waals surface area contributed by atoms with Crippen molar-refractivity contribution in [1.29, 1.82) is 0 Å². The number of carbonyl (C=O) groups excluding carboxylic acids is 1. The first-order chi connectivity index (χ1) is 8.70. The normalized spacial score (nSPS) is 10.3. The maximum absolute atomic E-state index is 13.5. The number of thioether (sulfide) groups is 1. The number of aromatic nitrogens is 1. The molecule has 5 nitrogen and oxygen atoms in total. The highest BCUT2D eigenvalue weighted by Crippen LogP contribution is 2.23. The Hall–Kier alpha value is -1.86. The van der Waals surface area contributed by atoms with Crippen LogP contribution in [0.25, 0.3) is 0 Å². The number of nitrogens with two attached hydrogens (primary N) is 1. The molecule has 0 saturated heterocycles. The highest BCUT2D eigenvalue weighted by atomic mass is 32.2. The third kappa shape index (κ3) is 2.88. The molecule has 7 heteroatoms. The number of nitrogen functional groups attached to an aromatic ring is 1. The number of oxazole rings is 1. The number of rotatable bonds is 4. The van der Waals surface area contributed by atoms with Crippen molar-refractivity contribution < 1.29 is 13.6 Å². The van der Waals surface area contributed by atoms with Crippen LogP contribution in [0.4, 0.5) is 4.39 Å². The third-order valence-corrected chi connectivity index (χ3v) is 3.10. The van der Waals surface area contributed by atoms with Gasteiger partial charge < -0.3 is 4.42 Å². The summed E-state index contributed by atoms with van der Waals surface area (Å²) in [4.78, 5) is 15.2. The molecule has 0 fully saturated rings. The lowest BCUT2D eigenvalue weighted by Crippen LogP contribution is -2.30. The van der Waals surface area contributed by atoms with Crippen LogP contribution in [0.3, 0.4) is 0 Å². The second-order valence-corrected chi connectivity index (χ2v) is 4.29. The quantitative estimate of drug-likeness (QED) is 0.381. The fourth-order valence-electron chi connectivity index (χ4n) is 1.33. The van der Waals surface area contributed by atoms with Gasteiger partial charge in [-0.1, -0.05) is 11.8 Å². The number of nitrogens with zero attached hydrogens (tertiary/aromatic N) is 1. The summed E-state index contributed by atoms with van der Waals surface area (Å²) in [7, 11) is 0. The van der Waals surface area contributed by atoms with E-state index >= 15 is 0 Å². The molecule has 0 spiro atoms. The van der Waals surface area contributed by atoms with Crippen molar-refractivity contribution in [1.82, 2.24) is 10.4 Å². The molecule has 0 saturated carbocycles. The van der Waals surface area contributed by atoms with Gasteiger partial charge in [0.1, 0.15) is 12.1 Å². The predicted molar refractivity (Wildman–Crippen MR) is 64.1 cm³/mol. The van der Waals surface area contributed by atoms with Gasteiger partial charge in [0.25, 0.3) is 11.1 Å². The molecule has 1 heterocycles. The molecule has 0 atom stereocenters. The second kappa shape index (κ2) is 5.65. The first-order valence-electron chi connectivity index (χ1n) is 5.02. The SMILES string of the molecule is NNC(=O)c1ccc(F)c(CSc2ncco2)c1. The van der Waals surface area contributed by atoms with E-state index in [1.807, 2.05) is 5.43 Å². The van der Waals surface area contributed by atoms with E-state index in [0.717, 1.165) is 0 Å². The van der Waals surface area contributed by atoms with E-state index in [-0.39, 0.29) is 5.82 Å². The molecule has 0 aliphatic rings. The van der Waals surface area contributed by atoms with Gasteiger partial charge in [0.15, 0.2) is 0 Å². The Balaban J connectivity index is 2.13. The number of benzene rings is 1. The summed E-state index contributed by atoms with van der Waals surface area (Å²) < 4.78 is 18.6. The molecule has 94 valence electrons. The van der Waals surface area contributed by atoms with Gasteiger partial charge in [-0.15, -0.1) is 0 Å². The maximum atomic E-state index is 13.5. The van der Waals surface area contributed by atoms with E-state index in [0.29, 0.717) is 22.1 Å². The topological polar surface area (TPSA) is 81.1 Å². The molecule has 0 aliphatic heterocycles. The summed E-state index contributed by atoms with van der Waals surface area (Å²) in [6.45, 7) is 0. The number of hydrogen-bond acceptors (Lipinski definition) is 5. The highest BCUT2D eigenvalue weighted by Gasteiger charge is 2.10. The van der Waals surface area contributed by atoms with Crippen molar-refractivity contribution in [2.45, 2.75) is 11.0 Å². The van der Waals surface area contributed by atoms with Gasteiger partial charge in [-0.25, -0.2) is 15.2 Å². The Morgan fingerprint density at radius 3 is 3.06 bits per heavy atom. The van der Waals surface area contributed by atoms with Crippen LogP contribution in [0.2, 0.25) is 0 Å². The van der Waals surface area contributed by atoms with E-state index in [9.17, 15) is 9.18 Å². The Morgan fingerprint density at radius 1 is 1.56 bits per heavy atom. The molecule has 0 unspecified atom stereocenters. The molecule has 1 aromatic heterocycles. The summed E-state index contributed by atoms with van der Waals surface area (Å²) in [6, 6.07) is 4.06. The standard InChI is InChI=1S/C11H10FN3O2S/c12-9-2-1-7(10(16)15-13)5-8(9)6-18-11-14-3-4-17-11/h1-5H,6,13H2,(H,15,16). The van der Waals surface area contributed by atoms with Gasteiger partial charge in [-0.2, -0.15) is 0 Å². The van der Waals surface area contributed by atoms with Crippen LogP contribution in [0, 0.1) is 5.82 Å². The minimum absolute atomic E-state index is 0.307. The van der Waals surface area contributed by atoms with Crippen LogP contribution in [-0.4, -0.2) is 10.9 Å². The second-order valence-electron chi connectivity index (χ2n) is 3.37. The molecular weight excluding hydrogens is 257 g/mol. The number of hydrazine groups is 1. The van der Waals surface area contributed by atoms with E-state index in [1.165, 1.54) is 42.4 Å². The van der Waals surface area contributed by atoms with Crippen molar-refractivity contribution in [2.24, 2.45) is 5.84 Å². The van der Waals surface area contributed by atoms with E-state index in [1.54, 1.807) is 0 Å². The summed E-state index contributed by atoms with van der Waals surface area (Å²) in [6.07, 6.45) is 2.95. The number of nitrogens with one attached hydrogen (secondary N) is 1. The zero-order chi connectivity index (χ0) is 13.0. The van der Waals surface area contributed by atoms with Crippen LogP contribution < -0.4 is 11.3 Å². The smallest absolute Gasteiger partial charge is 0.265 e. The lowest BCUT2D eigenvalue weighted by molar-refractivity contribution is 0.0953. The Morgan fingerprint density at radius 2 is 2.39 bits per heavy atom. The minimum Gasteiger partial charge on any atom is -0.440 e. The Kier molecular flexibility index (Phi) is 3.96. The molecule has 2 rings (SSSR count). The van der Waals surface area contributed by atoms with Gasteiger partial charge in [0.2, 0.25) is 0 Å². The lowest BCUT2D eigenvalue weighted by atomic mass is 10.1. The highest BCUT2D eigenvalue weighted by molar-refractivity contribution is 7.98. The Bertz CT molecular complexity index is 545. The predicted octanol–water partition coefficient (Wildman–Crippen LogP) is 1.71. The zero-order valence-corrected chi connectivity index (χ0v) is 10.0. The largest absolute Gasteiger partial charge is 0.440 e. The molecule has 2 aromatic rings. The van der Waals surface area contributed by atoms with Gasteiger partial charge in [-0.3, -0.25) is 10.2 Å². The summed E-state index contributed by atoms with van der Waals surface area (Å²) in [5, 5.41) is 0.447. The van der Waals surface area contributed by atoms with Crippen molar-refractivity contribution >= 4 is 17.7 Å². The van der Waals surface area contributed by atoms with Crippen LogP contribution in [-0.2, 0) is 5.75 Å². The average Bonchev–Trinajstić information content (AvgIpc) is 2.90. The first kappa shape index (κ1) is 12.6. The Labute approximate surface area is 107 Å². The molecule has 0 aliphatic carbocycles. The summed E-state index contributed by atoms with van der Waals surface area (Å²) >= 11 is 1.24. The monoisotopic (exact) mass is 267 g/mol. The maximum Gasteiger partial charge on any atom is 0.265 e. The van der Waals surface area contributed by atoms with E-state index in [2.05, 4.69) is 4.98 Å². The first-order valence-corrected chi connectivity index (χ1v) is 6.01. The lowest BCUT2D eigenvalue weighted by Gasteiger charge is -2.04. The molecule has 1 aromatic carbocycles. The zero-order valence-electron chi connectivity index (χ0n) is 9.22. The van der Waals surface area contributed by atoms with Crippen LogP contribution in [0.1, 0.15) is 15.9 Å². The summed E-state index contributed by atoms with van der Waals surface area (Å²) in [5.74, 6) is 4.49. The van der Waals surface area contributed by atoms with Gasteiger partial charge >= 0.3 is 0 Å². The van der Waals surface area contributed by atoms with Crippen molar-refractivity contribution in [3.8, 4) is 0 Å². The van der Waals surface area contributed by atoms with Gasteiger partial charge in [-0.05, 0) is 23.8 Å². The number of amides is 1. The molecular formula is C11H10FN3O2S. The van der Waals surface area contributed by atoms with Gasteiger partial charge in [0, 0.05) is 11.3 Å². The average molecular weight is 267 g/mol. The molecule has 3 N–H and O–H groups in total. The van der Waals surface area contributed by atoms with E-state index in [4.69, 9.17) is 10.3 Å². The van der Waals surface area contributed by atoms with Crippen LogP contribution >= 0.6 is 11.8 Å². The molecule has 0 bridgehead atoms. The summed E-state index contributed by atoms with van der Waals surface area (Å²) in [5.41, 5.74) is 2.69. The molecule has 18 heavy (non-hydrogen) atoms. The van der Waals surface area contributed by atoms with Crippen molar-refractivity contribution in [3.05, 3.63) is 47.6 Å². The third-order valence-electron chi connectivity index (χ3n) is 2.20. The number of halogens is 1. The molecule has 1 amide bonds. The fourth-order valence-corrected chi connectivity index (χ4v) is 2.09. The van der Waals surface area contributed by atoms with Crippen LogP contribution in [0.15, 0.2) is 40.3 Å². The van der Waals surface area contributed by atoms with Crippen LogP contribution in [0.5, 0.6) is 0 Å². The van der Waals surface area contributed by atoms with Crippen molar-refractivity contribution in [3.63, 3.8) is 0 Å². The number of carbonyl (C=O) groups is 1. The van der Waals surface area contributed by atoms with Crippen molar-refractivity contribution in [2.75, 3.05) is 0 Å². The van der Waals surface area contributed by atoms with E-state index < -0.39 is 5.91 Å². The minimum atomic E-state index is -0.461. The number of hydrogen-bond donors (Lipinski definition) is 2.